The molecule has 100 valence electrons. The molecule has 1 heterocycles. The van der Waals surface area contributed by atoms with Crippen LogP contribution in [0.3, 0.4) is 0 Å². The number of carbonyl (C=O) groups is 3. The highest BCUT2D eigenvalue weighted by molar-refractivity contribution is 6.23. The largest absolute Gasteiger partial charge is 0.391 e. The zero-order chi connectivity index (χ0) is 14.2. The molecule has 6 nitrogen and oxygen atoms in total. The van der Waals surface area contributed by atoms with Gasteiger partial charge in [0.05, 0.1) is 6.10 Å². The van der Waals surface area contributed by atoms with Gasteiger partial charge < -0.3 is 5.11 Å². The summed E-state index contributed by atoms with van der Waals surface area (Å²) in [5.41, 5.74) is -1.43. The number of hydrogen-bond acceptors (Lipinski definition) is 4. The smallest absolute Gasteiger partial charge is 0.330 e. The normalized spacial score (nSPS) is 25.2. The second kappa shape index (κ2) is 4.47. The van der Waals surface area contributed by atoms with Crippen molar-refractivity contribution in [2.75, 3.05) is 7.05 Å². The number of carbonyl (C=O) groups excluding carboxylic acids is 3. The van der Waals surface area contributed by atoms with E-state index in [0.29, 0.717) is 5.56 Å². The predicted molar refractivity (Wildman–Crippen MR) is 66.1 cm³/mol. The molecule has 1 aliphatic heterocycles. The van der Waals surface area contributed by atoms with E-state index in [-0.39, 0.29) is 0 Å². The molecule has 2 atom stereocenters. The highest BCUT2D eigenvalue weighted by Gasteiger charge is 2.57. The predicted octanol–water partition coefficient (Wildman–Crippen LogP) is 0.0134. The van der Waals surface area contributed by atoms with Crippen LogP contribution in [0.4, 0.5) is 4.79 Å². The molecule has 2 unspecified atom stereocenters. The summed E-state index contributed by atoms with van der Waals surface area (Å²) in [6, 6.07) is 7.43. The van der Waals surface area contributed by atoms with Crippen LogP contribution in [-0.4, -0.2) is 41.0 Å². The summed E-state index contributed by atoms with van der Waals surface area (Å²) in [7, 11) is 1.27. The Hall–Kier alpha value is -2.21. The number of urea groups is 1. The Morgan fingerprint density at radius 2 is 1.79 bits per heavy atom. The molecular formula is C13H14N2O4. The van der Waals surface area contributed by atoms with E-state index < -0.39 is 29.4 Å². The lowest BCUT2D eigenvalue weighted by molar-refractivity contribution is -0.149. The minimum Gasteiger partial charge on any atom is -0.391 e. The Morgan fingerprint density at radius 1 is 1.21 bits per heavy atom. The van der Waals surface area contributed by atoms with Gasteiger partial charge in [0.2, 0.25) is 0 Å². The average molecular weight is 262 g/mol. The molecule has 0 bridgehead atoms. The first-order chi connectivity index (χ1) is 8.92. The molecule has 6 heteroatoms. The molecule has 0 radical (unpaired) electrons. The second-order valence-electron chi connectivity index (χ2n) is 4.47. The number of imide groups is 2. The van der Waals surface area contributed by atoms with Crippen molar-refractivity contribution >= 4 is 17.8 Å². The fraction of sp³-hybridized carbons (Fsp3) is 0.308. The monoisotopic (exact) mass is 262 g/mol. The molecule has 2 rings (SSSR count). The van der Waals surface area contributed by atoms with Gasteiger partial charge in [0.25, 0.3) is 11.8 Å². The van der Waals surface area contributed by atoms with E-state index in [4.69, 9.17) is 0 Å². The van der Waals surface area contributed by atoms with Crippen molar-refractivity contribution in [1.29, 1.82) is 0 Å². The summed E-state index contributed by atoms with van der Waals surface area (Å²) in [5.74, 6) is -1.54. The summed E-state index contributed by atoms with van der Waals surface area (Å²) in [5, 5.41) is 12.1. The van der Waals surface area contributed by atoms with E-state index in [2.05, 4.69) is 5.32 Å². The third-order valence-corrected chi connectivity index (χ3v) is 3.38. The number of barbiturate groups is 1. The van der Waals surface area contributed by atoms with Crippen LogP contribution in [0, 0.1) is 0 Å². The molecule has 1 fully saturated rings. The van der Waals surface area contributed by atoms with Gasteiger partial charge in [-0.1, -0.05) is 30.3 Å². The number of benzene rings is 1. The maximum atomic E-state index is 12.4. The van der Waals surface area contributed by atoms with E-state index in [9.17, 15) is 19.5 Å². The first kappa shape index (κ1) is 13.2. The maximum absolute atomic E-state index is 12.4. The topological polar surface area (TPSA) is 86.7 Å². The molecule has 4 amide bonds. The Bertz CT molecular complexity index is 541. The second-order valence-corrected chi connectivity index (χ2v) is 4.47. The fourth-order valence-electron chi connectivity index (χ4n) is 2.30. The first-order valence-electron chi connectivity index (χ1n) is 5.79. The third kappa shape index (κ3) is 1.72. The highest BCUT2D eigenvalue weighted by Crippen LogP contribution is 2.33. The standard InChI is InChI=1S/C13H14N2O4/c1-8(16)13(9-6-4-3-5-7-9)10(17)14-12(19)15(2)11(13)18/h3-8,16H,1-2H3,(H,14,17,19). The Labute approximate surface area is 110 Å². The van der Waals surface area contributed by atoms with Crippen molar-refractivity contribution in [3.8, 4) is 0 Å². The highest BCUT2D eigenvalue weighted by atomic mass is 16.3. The fourth-order valence-corrected chi connectivity index (χ4v) is 2.30. The lowest BCUT2D eigenvalue weighted by atomic mass is 9.73. The number of aliphatic hydroxyl groups is 1. The number of nitrogens with zero attached hydrogens (tertiary/aromatic N) is 1. The van der Waals surface area contributed by atoms with Gasteiger partial charge in [-0.2, -0.15) is 0 Å². The van der Waals surface area contributed by atoms with Gasteiger partial charge in [-0.05, 0) is 12.5 Å². The average Bonchev–Trinajstić information content (AvgIpc) is 2.37. The van der Waals surface area contributed by atoms with Crippen LogP contribution in [0.2, 0.25) is 0 Å². The van der Waals surface area contributed by atoms with Gasteiger partial charge in [-0.15, -0.1) is 0 Å². The van der Waals surface area contributed by atoms with Crippen molar-refractivity contribution in [2.24, 2.45) is 0 Å². The van der Waals surface area contributed by atoms with E-state index in [1.54, 1.807) is 30.3 Å². The van der Waals surface area contributed by atoms with E-state index in [1.165, 1.54) is 14.0 Å². The lowest BCUT2D eigenvalue weighted by Crippen LogP contribution is -2.68. The SMILES string of the molecule is CC(O)C1(c2ccccc2)C(=O)NC(=O)N(C)C1=O. The number of aliphatic hydroxyl groups excluding tert-OH is 1. The van der Waals surface area contributed by atoms with Crippen molar-refractivity contribution in [1.82, 2.24) is 10.2 Å². The van der Waals surface area contributed by atoms with Gasteiger partial charge in [-0.25, -0.2) is 4.79 Å². The van der Waals surface area contributed by atoms with Crippen LogP contribution < -0.4 is 5.32 Å². The minimum atomic E-state index is -1.79. The van der Waals surface area contributed by atoms with Crippen LogP contribution in [0.1, 0.15) is 12.5 Å². The molecule has 1 aromatic rings. The quantitative estimate of drug-likeness (QED) is 0.735. The molecule has 0 aromatic heterocycles. The zero-order valence-electron chi connectivity index (χ0n) is 10.6. The third-order valence-electron chi connectivity index (χ3n) is 3.38. The van der Waals surface area contributed by atoms with Crippen molar-refractivity contribution in [2.45, 2.75) is 18.4 Å². The summed E-state index contributed by atoms with van der Waals surface area (Å²) >= 11 is 0. The number of hydrogen-bond donors (Lipinski definition) is 2. The van der Waals surface area contributed by atoms with Crippen LogP contribution in [0.25, 0.3) is 0 Å². The molecule has 1 aliphatic rings. The maximum Gasteiger partial charge on any atom is 0.330 e. The van der Waals surface area contributed by atoms with Gasteiger partial charge >= 0.3 is 6.03 Å². The molecule has 19 heavy (non-hydrogen) atoms. The van der Waals surface area contributed by atoms with Gasteiger partial charge in [-0.3, -0.25) is 19.8 Å². The molecule has 0 spiro atoms. The Morgan fingerprint density at radius 3 is 2.32 bits per heavy atom. The molecular weight excluding hydrogens is 248 g/mol. The van der Waals surface area contributed by atoms with Gasteiger partial charge in [0.15, 0.2) is 5.41 Å². The number of amides is 4. The van der Waals surface area contributed by atoms with Crippen LogP contribution in [0.15, 0.2) is 30.3 Å². The number of nitrogens with one attached hydrogen (secondary N) is 1. The van der Waals surface area contributed by atoms with Crippen LogP contribution in [-0.2, 0) is 15.0 Å². The Kier molecular flexibility index (Phi) is 3.11. The Balaban J connectivity index is 2.66. The van der Waals surface area contributed by atoms with Gasteiger partial charge in [0, 0.05) is 7.05 Å². The molecule has 1 saturated heterocycles. The lowest BCUT2D eigenvalue weighted by Gasteiger charge is -2.39. The van der Waals surface area contributed by atoms with Gasteiger partial charge in [0.1, 0.15) is 0 Å². The number of rotatable bonds is 2. The van der Waals surface area contributed by atoms with Crippen molar-refractivity contribution in [3.63, 3.8) is 0 Å². The summed E-state index contributed by atoms with van der Waals surface area (Å²) in [6.07, 6.45) is -1.27. The van der Waals surface area contributed by atoms with Crippen molar-refractivity contribution < 1.29 is 19.5 Å². The van der Waals surface area contributed by atoms with E-state index >= 15 is 0 Å². The first-order valence-corrected chi connectivity index (χ1v) is 5.79. The van der Waals surface area contributed by atoms with Crippen molar-refractivity contribution in [3.05, 3.63) is 35.9 Å². The van der Waals surface area contributed by atoms with E-state index in [1.807, 2.05) is 0 Å². The summed E-state index contributed by atoms with van der Waals surface area (Å²) in [6.45, 7) is 1.36. The zero-order valence-corrected chi connectivity index (χ0v) is 10.6. The summed E-state index contributed by atoms with van der Waals surface area (Å²) < 4.78 is 0. The number of likely N-dealkylation sites (N-methyl/N-ethyl adjacent to an activating group) is 1. The summed E-state index contributed by atoms with van der Waals surface area (Å²) in [4.78, 5) is 36.8. The molecule has 0 aliphatic carbocycles. The molecule has 1 aromatic carbocycles. The van der Waals surface area contributed by atoms with Crippen LogP contribution in [0.5, 0.6) is 0 Å². The molecule has 0 saturated carbocycles. The van der Waals surface area contributed by atoms with E-state index in [0.717, 1.165) is 4.90 Å². The molecule has 2 N–H and O–H groups in total. The minimum absolute atomic E-state index is 0.354. The van der Waals surface area contributed by atoms with Crippen LogP contribution >= 0.6 is 0 Å².